The van der Waals surface area contributed by atoms with Crippen molar-refractivity contribution in [3.63, 3.8) is 0 Å². The van der Waals surface area contributed by atoms with E-state index in [1.54, 1.807) is 0 Å². The minimum atomic E-state index is -0.385. The first-order valence-electron chi connectivity index (χ1n) is 19.7. The van der Waals surface area contributed by atoms with Crippen LogP contribution in [-0.4, -0.2) is 18.4 Å². The maximum Gasteiger partial charge on any atom is 0.312 e. The van der Waals surface area contributed by atoms with E-state index in [4.69, 9.17) is 4.74 Å². The molecule has 268 valence electrons. The highest BCUT2D eigenvalue weighted by Crippen LogP contribution is 2.77. The normalized spacial score (nSPS) is 40.6. The van der Waals surface area contributed by atoms with Gasteiger partial charge in [-0.2, -0.15) is 0 Å². The molecular weight excluding hydrogens is 588 g/mol. The van der Waals surface area contributed by atoms with Crippen molar-refractivity contribution in [2.75, 3.05) is 6.61 Å². The van der Waals surface area contributed by atoms with Gasteiger partial charge >= 0.3 is 5.97 Å². The first-order chi connectivity index (χ1) is 22.4. The summed E-state index contributed by atoms with van der Waals surface area (Å²) in [6, 6.07) is 0. The molecule has 0 saturated heterocycles. The number of esters is 1. The molecule has 5 aliphatic rings. The van der Waals surface area contributed by atoms with Crippen molar-refractivity contribution in [3.8, 4) is 0 Å². The maximum absolute atomic E-state index is 14.4. The van der Waals surface area contributed by atoms with Gasteiger partial charge < -0.3 is 4.74 Å². The van der Waals surface area contributed by atoms with Crippen molar-refractivity contribution >= 4 is 11.8 Å². The fourth-order valence-electron chi connectivity index (χ4n) is 13.0. The lowest BCUT2D eigenvalue weighted by Gasteiger charge is -2.72. The number of carbonyl (C=O) groups is 2. The molecule has 0 N–H and O–H groups in total. The van der Waals surface area contributed by atoms with Gasteiger partial charge in [-0.3, -0.25) is 9.59 Å². The van der Waals surface area contributed by atoms with Crippen molar-refractivity contribution in [1.29, 1.82) is 0 Å². The van der Waals surface area contributed by atoms with Crippen LogP contribution in [0.15, 0.2) is 47.1 Å². The van der Waals surface area contributed by atoms with Crippen LogP contribution in [0.25, 0.3) is 0 Å². The van der Waals surface area contributed by atoms with E-state index in [1.165, 1.54) is 41.6 Å². The molecule has 5 rings (SSSR count). The Hall–Kier alpha value is -1.90. The SMILES string of the molecule is C=C(C)[C@@H]1CC[C@]2(C(=O)OCC=C(C)CCC=C(C)CCC=C(C)C)CC[C@]3(C)[C@H](CC[C@@H]4[C@@]5(C)CCC(=O)C(C)(C)C5CC[C@]43C)C12. The number of carbonyl (C=O) groups excluding carboxylic acids is 2. The summed E-state index contributed by atoms with van der Waals surface area (Å²) in [6.07, 6.45) is 21.7. The van der Waals surface area contributed by atoms with Crippen LogP contribution in [0.4, 0.5) is 0 Å². The summed E-state index contributed by atoms with van der Waals surface area (Å²) in [6.45, 7) is 28.2. The summed E-state index contributed by atoms with van der Waals surface area (Å²) in [5.74, 6) is 2.86. The van der Waals surface area contributed by atoms with E-state index in [1.807, 2.05) is 0 Å². The molecule has 2 unspecified atom stereocenters. The van der Waals surface area contributed by atoms with E-state index in [2.05, 4.69) is 94.0 Å². The van der Waals surface area contributed by atoms with Gasteiger partial charge in [0.15, 0.2) is 0 Å². The third-order valence-electron chi connectivity index (χ3n) is 16.0. The van der Waals surface area contributed by atoms with E-state index in [0.717, 1.165) is 70.6 Å². The topological polar surface area (TPSA) is 43.4 Å². The van der Waals surface area contributed by atoms with Crippen molar-refractivity contribution < 1.29 is 14.3 Å². The Bertz CT molecular complexity index is 1360. The summed E-state index contributed by atoms with van der Waals surface area (Å²) >= 11 is 0. The van der Waals surface area contributed by atoms with Gasteiger partial charge in [0.25, 0.3) is 0 Å². The van der Waals surface area contributed by atoms with Gasteiger partial charge in [0.1, 0.15) is 12.4 Å². The smallest absolute Gasteiger partial charge is 0.312 e. The molecule has 0 heterocycles. The van der Waals surface area contributed by atoms with E-state index in [-0.39, 0.29) is 33.0 Å². The molecule has 0 aromatic heterocycles. The summed E-state index contributed by atoms with van der Waals surface area (Å²) in [4.78, 5) is 27.5. The van der Waals surface area contributed by atoms with E-state index < -0.39 is 0 Å². The lowest BCUT2D eigenvalue weighted by molar-refractivity contribution is -0.235. The minimum absolute atomic E-state index is 0.0628. The second kappa shape index (κ2) is 13.7. The molecule has 3 heteroatoms. The van der Waals surface area contributed by atoms with Crippen molar-refractivity contribution in [1.82, 2.24) is 0 Å². The largest absolute Gasteiger partial charge is 0.461 e. The Morgan fingerprint density at radius 1 is 0.771 bits per heavy atom. The Labute approximate surface area is 294 Å². The molecule has 0 aromatic rings. The zero-order valence-electron chi connectivity index (χ0n) is 32.7. The number of Topliss-reactive ketones (excluding diaryl/α,β-unsaturated/α-hetero) is 1. The third-order valence-corrected chi connectivity index (χ3v) is 16.0. The fourth-order valence-corrected chi connectivity index (χ4v) is 13.0. The van der Waals surface area contributed by atoms with E-state index >= 15 is 0 Å². The molecule has 0 amide bonds. The second-order valence-electron chi connectivity index (χ2n) is 19.0. The van der Waals surface area contributed by atoms with Crippen LogP contribution in [-0.2, 0) is 14.3 Å². The average molecular weight is 659 g/mol. The van der Waals surface area contributed by atoms with Crippen LogP contribution in [0.1, 0.15) is 159 Å². The van der Waals surface area contributed by atoms with Gasteiger partial charge in [0, 0.05) is 11.8 Å². The van der Waals surface area contributed by atoms with Crippen LogP contribution in [0.3, 0.4) is 0 Å². The average Bonchev–Trinajstić information content (AvgIpc) is 3.41. The molecule has 5 fully saturated rings. The fraction of sp³-hybridized carbons (Fsp3) is 0.778. The molecule has 0 aromatic carbocycles. The number of rotatable bonds is 10. The number of ketones is 1. The predicted octanol–water partition coefficient (Wildman–Crippen LogP) is 12.2. The van der Waals surface area contributed by atoms with E-state index in [9.17, 15) is 9.59 Å². The summed E-state index contributed by atoms with van der Waals surface area (Å²) < 4.78 is 6.25. The lowest BCUT2D eigenvalue weighted by Crippen LogP contribution is -2.66. The Kier molecular flexibility index (Phi) is 10.6. The number of allylic oxidation sites excluding steroid dienone is 6. The Morgan fingerprint density at radius 2 is 1.44 bits per heavy atom. The summed E-state index contributed by atoms with van der Waals surface area (Å²) in [5, 5.41) is 0. The van der Waals surface area contributed by atoms with Crippen LogP contribution in [0.5, 0.6) is 0 Å². The van der Waals surface area contributed by atoms with Crippen LogP contribution >= 0.6 is 0 Å². The van der Waals surface area contributed by atoms with Gasteiger partial charge in [-0.05, 0) is 170 Å². The number of hydrogen-bond acceptors (Lipinski definition) is 3. The quantitative estimate of drug-likeness (QED) is 0.173. The van der Waals surface area contributed by atoms with Crippen molar-refractivity contribution in [2.45, 2.75) is 159 Å². The molecular formula is C45H70O3. The van der Waals surface area contributed by atoms with Gasteiger partial charge in [-0.15, -0.1) is 0 Å². The summed E-state index contributed by atoms with van der Waals surface area (Å²) in [7, 11) is 0. The zero-order chi connectivity index (χ0) is 35.3. The molecule has 0 aliphatic heterocycles. The van der Waals surface area contributed by atoms with Gasteiger partial charge in [0.05, 0.1) is 5.41 Å². The Balaban J connectivity index is 1.31. The third kappa shape index (κ3) is 6.18. The highest BCUT2D eigenvalue weighted by molar-refractivity contribution is 5.85. The number of hydrogen-bond donors (Lipinski definition) is 0. The highest BCUT2D eigenvalue weighted by atomic mass is 16.5. The minimum Gasteiger partial charge on any atom is -0.461 e. The molecule has 3 nitrogen and oxygen atoms in total. The highest BCUT2D eigenvalue weighted by Gasteiger charge is 2.72. The summed E-state index contributed by atoms with van der Waals surface area (Å²) in [5.41, 5.74) is 5.40. The van der Waals surface area contributed by atoms with Crippen molar-refractivity contribution in [2.24, 2.45) is 56.7 Å². The number of ether oxygens (including phenoxy) is 1. The molecule has 0 bridgehead atoms. The number of fused-ring (bicyclic) bond motifs is 7. The molecule has 9 atom stereocenters. The molecule has 48 heavy (non-hydrogen) atoms. The van der Waals surface area contributed by atoms with Crippen LogP contribution < -0.4 is 0 Å². The van der Waals surface area contributed by atoms with Gasteiger partial charge in [-0.25, -0.2) is 0 Å². The monoisotopic (exact) mass is 659 g/mol. The molecule has 0 radical (unpaired) electrons. The van der Waals surface area contributed by atoms with Gasteiger partial charge in [0.2, 0.25) is 0 Å². The molecule has 0 spiro atoms. The molecule has 5 aliphatic carbocycles. The van der Waals surface area contributed by atoms with E-state index in [0.29, 0.717) is 42.0 Å². The van der Waals surface area contributed by atoms with Crippen LogP contribution in [0.2, 0.25) is 0 Å². The standard InChI is InChI=1S/C45H70O3/c1-30(2)14-12-15-32(5)16-13-17-33(6)23-29-48-40(47)45-26-20-34(31(3)4)39(45)35-18-19-37-42(9)24-22-38(46)41(7,8)36(42)21-25-44(37,11)43(35,10)27-28-45/h14,16,23,34-37,39H,3,12-13,15,17-22,24-29H2,1-2,4-11H3/t34-,35+,36?,37+,39?,42-,43+,44+,45-/m0/s1. The maximum atomic E-state index is 14.4. The van der Waals surface area contributed by atoms with Crippen molar-refractivity contribution in [3.05, 3.63) is 47.1 Å². The predicted molar refractivity (Wildman–Crippen MR) is 200 cm³/mol. The van der Waals surface area contributed by atoms with Gasteiger partial charge in [-0.1, -0.05) is 75.6 Å². The first-order valence-corrected chi connectivity index (χ1v) is 19.7. The van der Waals surface area contributed by atoms with Crippen LogP contribution in [0, 0.1) is 56.7 Å². The zero-order valence-corrected chi connectivity index (χ0v) is 32.7. The Morgan fingerprint density at radius 3 is 2.10 bits per heavy atom. The molecule has 5 saturated carbocycles. The lowest BCUT2D eigenvalue weighted by atomic mass is 9.32. The first kappa shape index (κ1) is 37.4. The second-order valence-corrected chi connectivity index (χ2v) is 19.0.